The first-order chi connectivity index (χ1) is 19.2. The van der Waals surface area contributed by atoms with Crippen LogP contribution in [0.2, 0.25) is 0 Å². The second-order valence-corrected chi connectivity index (χ2v) is 10.2. The van der Waals surface area contributed by atoms with Crippen molar-refractivity contribution in [1.29, 1.82) is 0 Å². The topological polar surface area (TPSA) is 49.4 Å². The van der Waals surface area contributed by atoms with Gasteiger partial charge in [-0.3, -0.25) is 9.59 Å². The molecule has 0 spiro atoms. The van der Waals surface area contributed by atoms with Crippen LogP contribution >= 0.6 is 0 Å². The maximum Gasteiger partial charge on any atom is 0.253 e. The molecule has 4 nitrogen and oxygen atoms in total. The Hall–Kier alpha value is -4.39. The summed E-state index contributed by atoms with van der Waals surface area (Å²) in [5.74, 6) is -1.41. The van der Waals surface area contributed by atoms with Crippen LogP contribution in [0, 0.1) is 17.5 Å². The van der Waals surface area contributed by atoms with Crippen molar-refractivity contribution < 1.29 is 22.8 Å². The highest BCUT2D eigenvalue weighted by Gasteiger charge is 2.44. The number of carbonyl (C=O) groups excluding carboxylic acids is 2. The van der Waals surface area contributed by atoms with Crippen LogP contribution in [0.15, 0.2) is 97.1 Å². The monoisotopic (exact) mass is 542 g/mol. The standard InChI is InChI=1S/C33H29F3N2O2/c1-22(23-6-12-28(34)13-7-23)37-32(40)33(27-10-16-30(36)17-11-27)18-20-38(21-19-33)31(39)26-4-2-24(3-5-26)25-8-14-29(35)15-9-25/h2-17,22H,18-21H2,1H3,(H,37,40)/t22-/m0/s1. The highest BCUT2D eigenvalue weighted by atomic mass is 19.1. The number of hydrogen-bond donors (Lipinski definition) is 1. The van der Waals surface area contributed by atoms with Crippen LogP contribution in [0.25, 0.3) is 11.1 Å². The highest BCUT2D eigenvalue weighted by molar-refractivity contribution is 5.95. The highest BCUT2D eigenvalue weighted by Crippen LogP contribution is 2.37. The SMILES string of the molecule is C[C@H](NC(=O)C1(c2ccc(F)cc2)CCN(C(=O)c2ccc(-c3ccc(F)cc3)cc2)CC1)c1ccc(F)cc1. The molecule has 40 heavy (non-hydrogen) atoms. The summed E-state index contributed by atoms with van der Waals surface area (Å²) in [6.45, 7) is 2.51. The summed E-state index contributed by atoms with van der Waals surface area (Å²) in [7, 11) is 0. The first-order valence-corrected chi connectivity index (χ1v) is 13.2. The molecule has 0 radical (unpaired) electrons. The molecule has 1 fully saturated rings. The molecule has 1 aliphatic heterocycles. The van der Waals surface area contributed by atoms with Crippen molar-refractivity contribution in [3.63, 3.8) is 0 Å². The van der Waals surface area contributed by atoms with E-state index in [1.807, 2.05) is 19.1 Å². The number of piperidine rings is 1. The van der Waals surface area contributed by atoms with Gasteiger partial charge in [-0.05, 0) is 90.6 Å². The minimum atomic E-state index is -0.953. The third kappa shape index (κ3) is 5.64. The summed E-state index contributed by atoms with van der Waals surface area (Å²) >= 11 is 0. The van der Waals surface area contributed by atoms with Gasteiger partial charge in [0.15, 0.2) is 0 Å². The number of rotatable bonds is 6. The summed E-state index contributed by atoms with van der Waals surface area (Å²) in [6.07, 6.45) is 0.722. The lowest BCUT2D eigenvalue weighted by atomic mass is 9.71. The average Bonchev–Trinajstić information content (AvgIpc) is 2.98. The van der Waals surface area contributed by atoms with Gasteiger partial charge in [-0.15, -0.1) is 0 Å². The Balaban J connectivity index is 1.32. The summed E-state index contributed by atoms with van der Waals surface area (Å²) in [4.78, 5) is 28.9. The van der Waals surface area contributed by atoms with E-state index in [2.05, 4.69) is 5.32 Å². The number of carbonyl (C=O) groups is 2. The summed E-state index contributed by atoms with van der Waals surface area (Å²) in [5, 5.41) is 3.06. The fraction of sp³-hybridized carbons (Fsp3) is 0.212. The molecular formula is C33H29F3N2O2. The first-order valence-electron chi connectivity index (χ1n) is 13.2. The largest absolute Gasteiger partial charge is 0.349 e. The zero-order valence-corrected chi connectivity index (χ0v) is 22.0. The van der Waals surface area contributed by atoms with Crippen molar-refractivity contribution in [2.75, 3.05) is 13.1 Å². The van der Waals surface area contributed by atoms with Gasteiger partial charge >= 0.3 is 0 Å². The Labute approximate surface area is 231 Å². The van der Waals surface area contributed by atoms with Gasteiger partial charge in [-0.1, -0.05) is 48.5 Å². The van der Waals surface area contributed by atoms with Gasteiger partial charge in [0.2, 0.25) is 5.91 Å². The van der Waals surface area contributed by atoms with Crippen molar-refractivity contribution >= 4 is 11.8 Å². The minimum Gasteiger partial charge on any atom is -0.349 e. The lowest BCUT2D eigenvalue weighted by Gasteiger charge is -2.41. The molecule has 4 aromatic carbocycles. The molecule has 1 heterocycles. The second kappa shape index (κ2) is 11.4. The van der Waals surface area contributed by atoms with Crippen LogP contribution in [-0.4, -0.2) is 29.8 Å². The van der Waals surface area contributed by atoms with Crippen molar-refractivity contribution in [3.05, 3.63) is 131 Å². The van der Waals surface area contributed by atoms with Crippen molar-refractivity contribution in [1.82, 2.24) is 10.2 Å². The minimum absolute atomic E-state index is 0.140. The van der Waals surface area contributed by atoms with E-state index in [4.69, 9.17) is 0 Å². The molecule has 204 valence electrons. The van der Waals surface area contributed by atoms with Crippen LogP contribution in [0.3, 0.4) is 0 Å². The van der Waals surface area contributed by atoms with Crippen LogP contribution in [-0.2, 0) is 10.2 Å². The van der Waals surface area contributed by atoms with Crippen LogP contribution in [0.4, 0.5) is 13.2 Å². The van der Waals surface area contributed by atoms with E-state index < -0.39 is 11.2 Å². The Morgan fingerprint density at radius 1 is 0.700 bits per heavy atom. The molecule has 7 heteroatoms. The van der Waals surface area contributed by atoms with Crippen molar-refractivity contribution in [3.8, 4) is 11.1 Å². The molecular weight excluding hydrogens is 513 g/mol. The second-order valence-electron chi connectivity index (χ2n) is 10.2. The van der Waals surface area contributed by atoms with E-state index in [0.29, 0.717) is 37.1 Å². The molecule has 1 aliphatic rings. The molecule has 1 N–H and O–H groups in total. The van der Waals surface area contributed by atoms with E-state index >= 15 is 0 Å². The van der Waals surface area contributed by atoms with Gasteiger partial charge in [-0.25, -0.2) is 13.2 Å². The Bertz CT molecular complexity index is 1480. The lowest BCUT2D eigenvalue weighted by Crippen LogP contribution is -2.53. The summed E-state index contributed by atoms with van der Waals surface area (Å²) < 4.78 is 40.4. The molecule has 4 aromatic rings. The van der Waals surface area contributed by atoms with Gasteiger partial charge in [0.05, 0.1) is 11.5 Å². The lowest BCUT2D eigenvalue weighted by molar-refractivity contribution is -0.129. The molecule has 0 unspecified atom stereocenters. The third-order valence-electron chi connectivity index (χ3n) is 7.76. The van der Waals surface area contributed by atoms with Crippen LogP contribution < -0.4 is 5.32 Å². The number of hydrogen-bond acceptors (Lipinski definition) is 2. The first kappa shape index (κ1) is 27.2. The van der Waals surface area contributed by atoms with E-state index in [1.165, 1.54) is 36.4 Å². The van der Waals surface area contributed by atoms with E-state index in [0.717, 1.165) is 16.7 Å². The van der Waals surface area contributed by atoms with Gasteiger partial charge < -0.3 is 10.2 Å². The average molecular weight is 543 g/mol. The van der Waals surface area contributed by atoms with E-state index in [1.54, 1.807) is 53.4 Å². The molecule has 5 rings (SSSR count). The molecule has 0 saturated carbocycles. The molecule has 2 amide bonds. The summed E-state index contributed by atoms with van der Waals surface area (Å²) in [5.41, 5.74) is 2.75. The van der Waals surface area contributed by atoms with Crippen molar-refractivity contribution in [2.24, 2.45) is 0 Å². The van der Waals surface area contributed by atoms with Gasteiger partial charge in [0.1, 0.15) is 17.5 Å². The quantitative estimate of drug-likeness (QED) is 0.291. The van der Waals surface area contributed by atoms with Gasteiger partial charge in [-0.2, -0.15) is 0 Å². The predicted octanol–water partition coefficient (Wildman–Crippen LogP) is 6.82. The number of nitrogens with one attached hydrogen (secondary N) is 1. The smallest absolute Gasteiger partial charge is 0.253 e. The molecule has 0 aromatic heterocycles. The van der Waals surface area contributed by atoms with Crippen LogP contribution in [0.5, 0.6) is 0 Å². The number of halogens is 3. The normalized spacial score (nSPS) is 15.3. The maximum atomic E-state index is 13.8. The molecule has 0 aliphatic carbocycles. The zero-order valence-electron chi connectivity index (χ0n) is 22.0. The molecule has 1 atom stereocenters. The third-order valence-corrected chi connectivity index (χ3v) is 7.76. The van der Waals surface area contributed by atoms with E-state index in [-0.39, 0.29) is 29.5 Å². The number of likely N-dealkylation sites (tertiary alicyclic amines) is 1. The van der Waals surface area contributed by atoms with Crippen LogP contribution in [0.1, 0.15) is 47.3 Å². The predicted molar refractivity (Wildman–Crippen MR) is 148 cm³/mol. The fourth-order valence-electron chi connectivity index (χ4n) is 5.31. The fourth-order valence-corrected chi connectivity index (χ4v) is 5.31. The number of amides is 2. The number of benzene rings is 4. The number of nitrogens with zero attached hydrogens (tertiary/aromatic N) is 1. The van der Waals surface area contributed by atoms with Crippen molar-refractivity contribution in [2.45, 2.75) is 31.2 Å². The Kier molecular flexibility index (Phi) is 7.74. The Morgan fingerprint density at radius 2 is 1.15 bits per heavy atom. The van der Waals surface area contributed by atoms with Gasteiger partial charge in [0, 0.05) is 18.7 Å². The van der Waals surface area contributed by atoms with E-state index in [9.17, 15) is 22.8 Å². The summed E-state index contributed by atoms with van der Waals surface area (Å²) in [6, 6.07) is 24.9. The molecule has 0 bridgehead atoms. The maximum absolute atomic E-state index is 13.8. The zero-order chi connectivity index (χ0) is 28.3. The Morgan fingerprint density at radius 3 is 1.68 bits per heavy atom. The molecule has 1 saturated heterocycles. The van der Waals surface area contributed by atoms with Gasteiger partial charge in [0.25, 0.3) is 5.91 Å².